The second-order valence-corrected chi connectivity index (χ2v) is 5.98. The molecule has 0 atom stereocenters. The van der Waals surface area contributed by atoms with E-state index in [1.807, 2.05) is 0 Å². The van der Waals surface area contributed by atoms with Crippen molar-refractivity contribution < 1.29 is 31.9 Å². The van der Waals surface area contributed by atoms with Crippen molar-refractivity contribution in [2.24, 2.45) is 0 Å². The molecule has 2 amide bonds. The quantitative estimate of drug-likeness (QED) is 0.809. The maximum absolute atomic E-state index is 14.3. The zero-order chi connectivity index (χ0) is 20.3. The first-order valence-electron chi connectivity index (χ1n) is 8.27. The molecule has 1 aromatic carbocycles. The molecule has 1 aliphatic heterocycles. The fourth-order valence-corrected chi connectivity index (χ4v) is 2.60. The molecule has 2 heterocycles. The Labute approximate surface area is 157 Å². The summed E-state index contributed by atoms with van der Waals surface area (Å²) in [4.78, 5) is 29.1. The highest BCUT2D eigenvalue weighted by Gasteiger charge is 2.32. The number of pyridine rings is 1. The molecule has 0 aliphatic carbocycles. The molecule has 1 N–H and O–H groups in total. The number of rotatable bonds is 3. The lowest BCUT2D eigenvalue weighted by Gasteiger charge is -2.27. The Morgan fingerprint density at radius 3 is 2.39 bits per heavy atom. The van der Waals surface area contributed by atoms with Gasteiger partial charge in [-0.2, -0.15) is 13.2 Å². The molecule has 28 heavy (non-hydrogen) atoms. The van der Waals surface area contributed by atoms with Crippen LogP contribution in [0.25, 0.3) is 0 Å². The van der Waals surface area contributed by atoms with Gasteiger partial charge in [-0.25, -0.2) is 4.39 Å². The van der Waals surface area contributed by atoms with Crippen LogP contribution < -0.4 is 5.32 Å². The normalized spacial score (nSPS) is 14.6. The Balaban J connectivity index is 1.70. The molecule has 0 radical (unpaired) electrons. The molecule has 0 spiro atoms. The number of morpholine rings is 1. The van der Waals surface area contributed by atoms with Gasteiger partial charge in [-0.3, -0.25) is 14.6 Å². The van der Waals surface area contributed by atoms with Crippen molar-refractivity contribution in [2.75, 3.05) is 31.6 Å². The maximum atomic E-state index is 14.3. The van der Waals surface area contributed by atoms with E-state index in [0.717, 1.165) is 18.3 Å². The van der Waals surface area contributed by atoms with Gasteiger partial charge in [0, 0.05) is 25.0 Å². The number of anilines is 1. The van der Waals surface area contributed by atoms with Crippen molar-refractivity contribution in [2.45, 2.75) is 6.18 Å². The summed E-state index contributed by atoms with van der Waals surface area (Å²) in [5.74, 6) is -2.06. The molecule has 1 aromatic heterocycles. The van der Waals surface area contributed by atoms with Gasteiger partial charge in [-0.15, -0.1) is 0 Å². The van der Waals surface area contributed by atoms with E-state index in [4.69, 9.17) is 4.74 Å². The van der Waals surface area contributed by atoms with E-state index < -0.39 is 29.5 Å². The fraction of sp³-hybridized carbons (Fsp3) is 0.278. The van der Waals surface area contributed by atoms with Crippen molar-refractivity contribution in [3.8, 4) is 0 Å². The number of carbonyl (C=O) groups is 2. The Morgan fingerprint density at radius 1 is 1.11 bits per heavy atom. The number of aromatic nitrogens is 1. The number of nitrogens with zero attached hydrogens (tertiary/aromatic N) is 2. The van der Waals surface area contributed by atoms with Crippen molar-refractivity contribution in [3.05, 3.63) is 59.2 Å². The number of halogens is 4. The minimum Gasteiger partial charge on any atom is -0.378 e. The molecule has 3 rings (SSSR count). The van der Waals surface area contributed by atoms with Gasteiger partial charge in [0.15, 0.2) is 0 Å². The van der Waals surface area contributed by atoms with Gasteiger partial charge in [-0.05, 0) is 30.3 Å². The number of ether oxygens (including phenoxy) is 1. The van der Waals surface area contributed by atoms with Crippen LogP contribution in [0.4, 0.5) is 23.2 Å². The van der Waals surface area contributed by atoms with Crippen LogP contribution in [-0.4, -0.2) is 48.0 Å². The van der Waals surface area contributed by atoms with Crippen LogP contribution in [0.5, 0.6) is 0 Å². The number of amides is 2. The zero-order valence-electron chi connectivity index (χ0n) is 14.4. The summed E-state index contributed by atoms with van der Waals surface area (Å²) in [5, 5.41) is 2.36. The summed E-state index contributed by atoms with van der Waals surface area (Å²) < 4.78 is 57.0. The third-order valence-electron chi connectivity index (χ3n) is 4.07. The van der Waals surface area contributed by atoms with Gasteiger partial charge < -0.3 is 15.0 Å². The molecule has 0 bridgehead atoms. The molecule has 148 valence electrons. The maximum Gasteiger partial charge on any atom is 0.433 e. The molecule has 1 saturated heterocycles. The largest absolute Gasteiger partial charge is 0.433 e. The molecule has 10 heteroatoms. The second kappa shape index (κ2) is 7.93. The van der Waals surface area contributed by atoms with Crippen LogP contribution >= 0.6 is 0 Å². The lowest BCUT2D eigenvalue weighted by atomic mass is 10.1. The average molecular weight is 397 g/mol. The van der Waals surface area contributed by atoms with Crippen molar-refractivity contribution in [1.82, 2.24) is 9.88 Å². The minimum absolute atomic E-state index is 0.0564. The van der Waals surface area contributed by atoms with E-state index in [1.165, 1.54) is 17.0 Å². The number of carbonyl (C=O) groups excluding carboxylic acids is 2. The van der Waals surface area contributed by atoms with Gasteiger partial charge >= 0.3 is 6.18 Å². The van der Waals surface area contributed by atoms with Crippen LogP contribution in [0, 0.1) is 5.82 Å². The van der Waals surface area contributed by atoms with E-state index in [1.54, 1.807) is 0 Å². The highest BCUT2D eigenvalue weighted by Crippen LogP contribution is 2.27. The first kappa shape index (κ1) is 19.7. The van der Waals surface area contributed by atoms with Crippen molar-refractivity contribution in [3.63, 3.8) is 0 Å². The first-order chi connectivity index (χ1) is 13.3. The van der Waals surface area contributed by atoms with Crippen LogP contribution in [0.1, 0.15) is 26.4 Å². The van der Waals surface area contributed by atoms with Gasteiger partial charge in [0.2, 0.25) is 0 Å². The Hall–Kier alpha value is -3.01. The third-order valence-corrected chi connectivity index (χ3v) is 4.07. The number of alkyl halides is 3. The van der Waals surface area contributed by atoms with Crippen molar-refractivity contribution in [1.29, 1.82) is 0 Å². The Kier molecular flexibility index (Phi) is 5.59. The molecular formula is C18H15F4N3O3. The number of hydrogen-bond acceptors (Lipinski definition) is 4. The monoisotopic (exact) mass is 397 g/mol. The summed E-state index contributed by atoms with van der Waals surface area (Å²) in [6.07, 6.45) is -3.83. The lowest BCUT2D eigenvalue weighted by molar-refractivity contribution is -0.141. The number of nitrogens with one attached hydrogen (secondary N) is 1. The number of benzene rings is 1. The average Bonchev–Trinajstić information content (AvgIpc) is 2.68. The molecule has 1 fully saturated rings. The predicted molar refractivity (Wildman–Crippen MR) is 90.3 cm³/mol. The molecule has 1 aliphatic rings. The summed E-state index contributed by atoms with van der Waals surface area (Å²) in [7, 11) is 0. The lowest BCUT2D eigenvalue weighted by Crippen LogP contribution is -2.41. The SMILES string of the molecule is O=C(Nc1ccc(C(=O)N2CCOCC2)c(F)c1)c1ccc(C(F)(F)F)nc1. The van der Waals surface area contributed by atoms with Gasteiger partial charge in [0.25, 0.3) is 11.8 Å². The molecule has 0 unspecified atom stereocenters. The van der Waals surface area contributed by atoms with Crippen LogP contribution in [0.2, 0.25) is 0 Å². The molecular weight excluding hydrogens is 382 g/mol. The summed E-state index contributed by atoms with van der Waals surface area (Å²) in [6.45, 7) is 1.47. The molecule has 6 nitrogen and oxygen atoms in total. The summed E-state index contributed by atoms with van der Waals surface area (Å²) >= 11 is 0. The fourth-order valence-electron chi connectivity index (χ4n) is 2.60. The predicted octanol–water partition coefficient (Wildman–Crippen LogP) is 2.96. The van der Waals surface area contributed by atoms with E-state index in [-0.39, 0.29) is 16.8 Å². The smallest absolute Gasteiger partial charge is 0.378 e. The Morgan fingerprint density at radius 2 is 1.82 bits per heavy atom. The summed E-state index contributed by atoms with van der Waals surface area (Å²) in [5.41, 5.74) is -1.33. The highest BCUT2D eigenvalue weighted by atomic mass is 19.4. The van der Waals surface area contributed by atoms with Gasteiger partial charge in [0.1, 0.15) is 11.5 Å². The van der Waals surface area contributed by atoms with Gasteiger partial charge in [-0.1, -0.05) is 0 Å². The van der Waals surface area contributed by atoms with Crippen molar-refractivity contribution >= 4 is 17.5 Å². The minimum atomic E-state index is -4.61. The van der Waals surface area contributed by atoms with Crippen LogP contribution in [0.3, 0.4) is 0 Å². The van der Waals surface area contributed by atoms with Gasteiger partial charge in [0.05, 0.1) is 24.3 Å². The zero-order valence-corrected chi connectivity index (χ0v) is 14.4. The third kappa shape index (κ3) is 4.45. The number of hydrogen-bond donors (Lipinski definition) is 1. The molecule has 2 aromatic rings. The highest BCUT2D eigenvalue weighted by molar-refractivity contribution is 6.04. The standard InChI is InChI=1S/C18H15F4N3O3/c19-14-9-12(2-3-13(14)17(27)25-5-7-28-8-6-25)24-16(26)11-1-4-15(23-10-11)18(20,21)22/h1-4,9-10H,5-8H2,(H,24,26). The van der Waals surface area contributed by atoms with Crippen LogP contribution in [0.15, 0.2) is 36.5 Å². The van der Waals surface area contributed by atoms with E-state index in [9.17, 15) is 27.2 Å². The summed E-state index contributed by atoms with van der Waals surface area (Å²) in [6, 6.07) is 5.21. The van der Waals surface area contributed by atoms with E-state index in [2.05, 4.69) is 10.3 Å². The first-order valence-corrected chi connectivity index (χ1v) is 8.27. The van der Waals surface area contributed by atoms with Crippen LogP contribution in [-0.2, 0) is 10.9 Å². The second-order valence-electron chi connectivity index (χ2n) is 5.98. The molecule has 0 saturated carbocycles. The van der Waals surface area contributed by atoms with E-state index >= 15 is 0 Å². The Bertz CT molecular complexity index is 879. The van der Waals surface area contributed by atoms with E-state index in [0.29, 0.717) is 32.4 Å². The topological polar surface area (TPSA) is 71.5 Å².